The molecular formula is C20H16ClNO8. The van der Waals surface area contributed by atoms with Crippen molar-refractivity contribution in [1.82, 2.24) is 0 Å². The maximum absolute atomic E-state index is 11.2. The van der Waals surface area contributed by atoms with Gasteiger partial charge in [0.15, 0.2) is 4.92 Å². The van der Waals surface area contributed by atoms with E-state index >= 15 is 0 Å². The predicted molar refractivity (Wildman–Crippen MR) is 97.1 cm³/mol. The summed E-state index contributed by atoms with van der Waals surface area (Å²) in [4.78, 5) is 10.6. The number of benzene rings is 2. The summed E-state index contributed by atoms with van der Waals surface area (Å²) in [6, 6.07) is 20.0. The highest BCUT2D eigenvalue weighted by Crippen LogP contribution is 2.27. The van der Waals surface area contributed by atoms with Crippen molar-refractivity contribution in [3.8, 4) is 17.1 Å². The van der Waals surface area contributed by atoms with Gasteiger partial charge in [0, 0.05) is 5.56 Å². The summed E-state index contributed by atoms with van der Waals surface area (Å²) in [7, 11) is -3.33. The van der Waals surface area contributed by atoms with Crippen LogP contribution in [-0.2, 0) is 0 Å². The summed E-state index contributed by atoms with van der Waals surface area (Å²) in [6.07, 6.45) is 3.70. The zero-order valence-electron chi connectivity index (χ0n) is 15.6. The lowest BCUT2D eigenvalue weighted by molar-refractivity contribution is -2.00. The molecule has 0 saturated heterocycles. The van der Waals surface area contributed by atoms with Gasteiger partial charge in [0.05, 0.1) is 18.7 Å². The van der Waals surface area contributed by atoms with Crippen LogP contribution in [0.3, 0.4) is 0 Å². The average Bonchev–Trinajstić information content (AvgIpc) is 2.72. The summed E-state index contributed by atoms with van der Waals surface area (Å²) in [5.74, 6) is 0.928. The van der Waals surface area contributed by atoms with Crippen LogP contribution in [-0.4, -0.2) is 12.0 Å². The van der Waals surface area contributed by atoms with Gasteiger partial charge < -0.3 is 4.74 Å². The number of nitrogens with zero attached hydrogens (tertiary/aromatic N) is 1. The molecule has 0 spiro atoms. The fourth-order valence-corrected chi connectivity index (χ4v) is 2.35. The van der Waals surface area contributed by atoms with Gasteiger partial charge in [0.25, 0.3) is 0 Å². The first-order valence-corrected chi connectivity index (χ1v) is 9.51. The third-order valence-corrected chi connectivity index (χ3v) is 3.62. The molecule has 1 heterocycles. The van der Waals surface area contributed by atoms with Crippen LogP contribution < -0.4 is 23.4 Å². The molecule has 156 valence electrons. The Bertz CT molecular complexity index is 996. The summed E-state index contributed by atoms with van der Waals surface area (Å²) >= 11 is 0. The normalized spacial score (nSPS) is 11.0. The van der Waals surface area contributed by atoms with Gasteiger partial charge in [-0.05, 0) is 29.8 Å². The lowest BCUT2D eigenvalue weighted by atomic mass is 10.1. The molecule has 3 aromatic rings. The minimum absolute atomic E-state index is 0.296. The molecule has 0 aliphatic carbocycles. The van der Waals surface area contributed by atoms with Crippen molar-refractivity contribution in [2.75, 3.05) is 7.11 Å². The lowest BCUT2D eigenvalue weighted by Gasteiger charge is -2.17. The Hall–Kier alpha value is -3.34. The number of halogens is 1. The van der Waals surface area contributed by atoms with Crippen LogP contribution in [0.1, 0.15) is 11.1 Å². The Morgan fingerprint density at radius 2 is 1.47 bits per heavy atom. The lowest BCUT2D eigenvalue weighted by Crippen LogP contribution is -2.68. The molecular weight excluding hydrogens is 418 g/mol. The topological polar surface area (TPSA) is 156 Å². The molecule has 0 fully saturated rings. The van der Waals surface area contributed by atoms with Crippen molar-refractivity contribution in [1.29, 1.82) is 0 Å². The minimum atomic E-state index is -4.94. The molecule has 0 atom stereocenters. The third-order valence-electron chi connectivity index (χ3n) is 3.62. The zero-order chi connectivity index (χ0) is 22.1. The van der Waals surface area contributed by atoms with E-state index in [1.54, 1.807) is 13.2 Å². The number of hydrogen-bond donors (Lipinski definition) is 0. The summed E-state index contributed by atoms with van der Waals surface area (Å²) in [6.45, 7) is 0. The summed E-state index contributed by atoms with van der Waals surface area (Å²) in [5.41, 5.74) is 2.43. The smallest absolute Gasteiger partial charge is 0.497 e. The van der Waals surface area contributed by atoms with Crippen molar-refractivity contribution in [3.05, 3.63) is 88.0 Å². The third kappa shape index (κ3) is 7.95. The highest BCUT2D eigenvalue weighted by Gasteiger charge is 2.26. The molecule has 0 aliphatic heterocycles. The van der Waals surface area contributed by atoms with Crippen molar-refractivity contribution in [3.63, 3.8) is 0 Å². The highest BCUT2D eigenvalue weighted by molar-refractivity contribution is 5.72. The largest absolute Gasteiger partial charge is 0.651 e. The van der Waals surface area contributed by atoms with Crippen LogP contribution in [0.4, 0.5) is 5.88 Å². The van der Waals surface area contributed by atoms with E-state index in [2.05, 4.69) is 0 Å². The fourth-order valence-electron chi connectivity index (χ4n) is 2.35. The van der Waals surface area contributed by atoms with E-state index in [0.717, 1.165) is 16.9 Å². The van der Waals surface area contributed by atoms with Crippen molar-refractivity contribution in [2.45, 2.75) is 0 Å². The van der Waals surface area contributed by atoms with E-state index in [1.807, 2.05) is 66.7 Å². The highest BCUT2D eigenvalue weighted by atomic mass is 35.7. The van der Waals surface area contributed by atoms with Gasteiger partial charge in [-0.15, -0.1) is 14.7 Å². The molecule has 0 amide bonds. The quantitative estimate of drug-likeness (QED) is 0.321. The van der Waals surface area contributed by atoms with Gasteiger partial charge in [-0.2, -0.15) is 0 Å². The number of methoxy groups -OCH3 is 1. The van der Waals surface area contributed by atoms with Crippen LogP contribution in [0, 0.1) is 20.4 Å². The monoisotopic (exact) mass is 433 g/mol. The Morgan fingerprint density at radius 3 is 2.00 bits per heavy atom. The number of hydrogen-bond acceptors (Lipinski definition) is 7. The first-order chi connectivity index (χ1) is 14.2. The molecule has 0 radical (unpaired) electrons. The van der Waals surface area contributed by atoms with Crippen molar-refractivity contribution in [2.24, 2.45) is 0 Å². The molecule has 2 aromatic carbocycles. The van der Waals surface area contributed by atoms with E-state index in [1.165, 1.54) is 6.07 Å². The van der Waals surface area contributed by atoms with Crippen molar-refractivity contribution < 1.29 is 43.0 Å². The Morgan fingerprint density at radius 1 is 0.900 bits per heavy atom. The number of nitro groups is 1. The first-order valence-electron chi connectivity index (χ1n) is 8.27. The molecule has 9 nitrogen and oxygen atoms in total. The SMILES string of the molecule is COc1ccc(C=Cc2cc(-c3ccccc3)[o+]c([N+](=O)[O-])c2)cc1.[O-][Cl+3]([O-])([O-])[O-]. The molecule has 0 bridgehead atoms. The average molecular weight is 434 g/mol. The zero-order valence-corrected chi connectivity index (χ0v) is 16.4. The molecule has 0 unspecified atom stereocenters. The molecule has 30 heavy (non-hydrogen) atoms. The minimum Gasteiger partial charge on any atom is -0.497 e. The fraction of sp³-hybridized carbons (Fsp3) is 0.0500. The van der Waals surface area contributed by atoms with Gasteiger partial charge >= 0.3 is 11.6 Å². The molecule has 10 heteroatoms. The van der Waals surface area contributed by atoms with Gasteiger partial charge in [0.1, 0.15) is 11.8 Å². The van der Waals surface area contributed by atoms with Gasteiger partial charge in [-0.1, -0.05) is 42.5 Å². The second-order valence-electron chi connectivity index (χ2n) is 5.70. The van der Waals surface area contributed by atoms with Crippen LogP contribution >= 0.6 is 0 Å². The van der Waals surface area contributed by atoms with Gasteiger partial charge in [0.2, 0.25) is 0 Å². The molecule has 1 aromatic heterocycles. The van der Waals surface area contributed by atoms with Crippen LogP contribution in [0.25, 0.3) is 23.5 Å². The van der Waals surface area contributed by atoms with Crippen molar-refractivity contribution >= 4 is 18.0 Å². The summed E-state index contributed by atoms with van der Waals surface area (Å²) < 4.78 is 44.5. The van der Waals surface area contributed by atoms with Gasteiger partial charge in [-0.25, -0.2) is 18.6 Å². The molecule has 0 N–H and O–H groups in total. The maximum atomic E-state index is 11.2. The standard InChI is InChI=1S/C20H16NO4.ClHO4/c1-24-18-11-9-15(10-12-18)7-8-16-13-19(17-5-3-2-4-6-17)25-20(14-16)21(22)23;2-1(3,4)5/h2-14H,1H3;(H,2,3,4,5)/q+1;/p-1. The van der Waals surface area contributed by atoms with Crippen LogP contribution in [0.2, 0.25) is 0 Å². The van der Waals surface area contributed by atoms with E-state index in [-0.39, 0.29) is 5.88 Å². The number of rotatable bonds is 5. The molecule has 0 aliphatic rings. The second-order valence-corrected chi connectivity index (χ2v) is 6.46. The van der Waals surface area contributed by atoms with E-state index in [4.69, 9.17) is 27.8 Å². The Labute approximate surface area is 173 Å². The van der Waals surface area contributed by atoms with E-state index < -0.39 is 15.2 Å². The van der Waals surface area contributed by atoms with Crippen LogP contribution in [0.5, 0.6) is 5.75 Å². The van der Waals surface area contributed by atoms with E-state index in [0.29, 0.717) is 11.3 Å². The number of ether oxygens (including phenoxy) is 1. The van der Waals surface area contributed by atoms with Gasteiger partial charge in [-0.3, -0.25) is 10.1 Å². The molecule has 3 rings (SSSR count). The van der Waals surface area contributed by atoms with E-state index in [9.17, 15) is 10.1 Å². The first kappa shape index (κ1) is 22.9. The summed E-state index contributed by atoms with van der Waals surface area (Å²) in [5, 5.41) is 11.2. The Balaban J connectivity index is 0.000000575. The predicted octanol–water partition coefficient (Wildman–Crippen LogP) is 0.559. The second kappa shape index (κ2) is 10.4. The Kier molecular flexibility index (Phi) is 7.98. The molecule has 0 saturated carbocycles. The maximum Gasteiger partial charge on any atom is 0.651 e. The van der Waals surface area contributed by atoms with Crippen LogP contribution in [0.15, 0.2) is 71.1 Å².